The van der Waals surface area contributed by atoms with E-state index < -0.39 is 30.0 Å². The van der Waals surface area contributed by atoms with Gasteiger partial charge in [0, 0.05) is 5.88 Å². The summed E-state index contributed by atoms with van der Waals surface area (Å²) in [4.78, 5) is 35.8. The number of carbonyl (C=O) groups excluding carboxylic acids is 2. The fourth-order valence-corrected chi connectivity index (χ4v) is 2.95. The van der Waals surface area contributed by atoms with Crippen LogP contribution in [0.5, 0.6) is 5.75 Å². The number of hydrogen-bond acceptors (Lipinski definition) is 5. The van der Waals surface area contributed by atoms with Gasteiger partial charge in [-0.05, 0) is 29.2 Å². The third kappa shape index (κ3) is 6.77. The molecule has 0 aromatic heterocycles. The number of ether oxygens (including phenoxy) is 2. The van der Waals surface area contributed by atoms with Crippen molar-refractivity contribution >= 4 is 29.6 Å². The number of aliphatic carboxylic acids is 1. The van der Waals surface area contributed by atoms with E-state index in [1.165, 1.54) is 24.3 Å². The van der Waals surface area contributed by atoms with E-state index in [4.69, 9.17) is 26.2 Å². The summed E-state index contributed by atoms with van der Waals surface area (Å²) in [7, 11) is 0. The summed E-state index contributed by atoms with van der Waals surface area (Å²) < 4.78 is 10.5. The molecule has 7 nitrogen and oxygen atoms in total. The third-order valence-corrected chi connectivity index (χ3v) is 4.67. The second-order valence-electron chi connectivity index (χ2n) is 6.96. The lowest BCUT2D eigenvalue weighted by Gasteiger charge is -2.20. The van der Waals surface area contributed by atoms with Gasteiger partial charge in [0.05, 0.1) is 5.92 Å². The summed E-state index contributed by atoms with van der Waals surface area (Å²) in [6.45, 7) is 3.62. The Morgan fingerprint density at radius 1 is 1.03 bits per heavy atom. The monoisotopic (exact) mass is 433 g/mol. The minimum Gasteiger partial charge on any atom is -0.481 e. The normalized spacial score (nSPS) is 12.7. The standard InChI is InChI=1S/C22H24ClNO6/c1-14(2)19(24-22(28)29-13-15-6-4-3-5-7-15)21(27)30-17-10-8-16(9-11-17)18(12-23)20(25)26/h3-11,14,18-19H,12-13H2,1-2H3,(H,24,28)(H,25,26)/t18?,19-/m0/s1. The SMILES string of the molecule is CC(C)[C@H](NC(=O)OCc1ccccc1)C(=O)Oc1ccc(C(CCl)C(=O)O)cc1. The molecule has 1 amide bonds. The van der Waals surface area contributed by atoms with Gasteiger partial charge in [-0.15, -0.1) is 11.6 Å². The molecule has 0 radical (unpaired) electrons. The molecule has 0 saturated carbocycles. The van der Waals surface area contributed by atoms with Gasteiger partial charge in [-0.2, -0.15) is 0 Å². The number of alkyl halides is 1. The Labute approximate surface area is 179 Å². The molecular formula is C22H24ClNO6. The van der Waals surface area contributed by atoms with E-state index in [1.54, 1.807) is 13.8 Å². The van der Waals surface area contributed by atoms with Crippen molar-refractivity contribution in [2.24, 2.45) is 5.92 Å². The van der Waals surface area contributed by atoms with E-state index in [2.05, 4.69) is 5.32 Å². The van der Waals surface area contributed by atoms with Crippen LogP contribution in [0.4, 0.5) is 4.79 Å². The molecule has 0 bridgehead atoms. The van der Waals surface area contributed by atoms with Crippen LogP contribution in [0.2, 0.25) is 0 Å². The lowest BCUT2D eigenvalue weighted by Crippen LogP contribution is -2.46. The van der Waals surface area contributed by atoms with Gasteiger partial charge >= 0.3 is 18.0 Å². The average molecular weight is 434 g/mol. The number of carbonyl (C=O) groups is 3. The molecule has 0 spiro atoms. The summed E-state index contributed by atoms with van der Waals surface area (Å²) in [6.07, 6.45) is -0.726. The first kappa shape index (κ1) is 23.2. The molecule has 160 valence electrons. The van der Waals surface area contributed by atoms with Crippen molar-refractivity contribution in [1.82, 2.24) is 5.32 Å². The number of rotatable bonds is 9. The second kappa shape index (κ2) is 11.2. The summed E-state index contributed by atoms with van der Waals surface area (Å²) in [6, 6.07) is 14.3. The summed E-state index contributed by atoms with van der Waals surface area (Å²) in [5, 5.41) is 11.7. The van der Waals surface area contributed by atoms with Gasteiger partial charge in [0.2, 0.25) is 0 Å². The quantitative estimate of drug-likeness (QED) is 0.352. The predicted molar refractivity (Wildman–Crippen MR) is 112 cm³/mol. The Kier molecular flexibility index (Phi) is 8.68. The van der Waals surface area contributed by atoms with Gasteiger partial charge in [-0.1, -0.05) is 56.3 Å². The Bertz CT molecular complexity index is 854. The van der Waals surface area contributed by atoms with Gasteiger partial charge in [-0.3, -0.25) is 4.79 Å². The Morgan fingerprint density at radius 2 is 1.67 bits per heavy atom. The molecule has 0 fully saturated rings. The van der Waals surface area contributed by atoms with Crippen LogP contribution in [0.1, 0.15) is 30.9 Å². The van der Waals surface area contributed by atoms with E-state index in [1.807, 2.05) is 30.3 Å². The van der Waals surface area contributed by atoms with Crippen LogP contribution in [0.15, 0.2) is 54.6 Å². The maximum absolute atomic E-state index is 12.5. The zero-order valence-electron chi connectivity index (χ0n) is 16.7. The van der Waals surface area contributed by atoms with Crippen LogP contribution in [-0.2, 0) is 20.9 Å². The highest BCUT2D eigenvalue weighted by Gasteiger charge is 2.27. The van der Waals surface area contributed by atoms with Crippen molar-refractivity contribution in [3.8, 4) is 5.75 Å². The highest BCUT2D eigenvalue weighted by atomic mass is 35.5. The average Bonchev–Trinajstić information content (AvgIpc) is 2.72. The van der Waals surface area contributed by atoms with Gasteiger partial charge < -0.3 is 19.9 Å². The van der Waals surface area contributed by atoms with Crippen molar-refractivity contribution in [1.29, 1.82) is 0 Å². The number of amides is 1. The van der Waals surface area contributed by atoms with Crippen molar-refractivity contribution < 1.29 is 29.0 Å². The zero-order valence-corrected chi connectivity index (χ0v) is 17.5. The number of hydrogen-bond donors (Lipinski definition) is 2. The van der Waals surface area contributed by atoms with Crippen LogP contribution in [0.25, 0.3) is 0 Å². The molecular weight excluding hydrogens is 410 g/mol. The molecule has 0 aliphatic carbocycles. The van der Waals surface area contributed by atoms with Gasteiger partial charge in [0.1, 0.15) is 18.4 Å². The molecule has 0 saturated heterocycles. The van der Waals surface area contributed by atoms with Crippen LogP contribution < -0.4 is 10.1 Å². The molecule has 8 heteroatoms. The lowest BCUT2D eigenvalue weighted by molar-refractivity contribution is -0.139. The number of halogens is 1. The maximum Gasteiger partial charge on any atom is 0.408 e. The molecule has 1 unspecified atom stereocenters. The van der Waals surface area contributed by atoms with E-state index in [0.717, 1.165) is 5.56 Å². The largest absolute Gasteiger partial charge is 0.481 e. The van der Waals surface area contributed by atoms with Crippen molar-refractivity contribution in [2.45, 2.75) is 32.4 Å². The summed E-state index contributed by atoms with van der Waals surface area (Å²) in [5.41, 5.74) is 1.33. The number of alkyl carbamates (subject to hydrolysis) is 1. The molecule has 0 aliphatic heterocycles. The number of benzene rings is 2. The van der Waals surface area contributed by atoms with Gasteiger partial charge in [-0.25, -0.2) is 9.59 Å². The van der Waals surface area contributed by atoms with E-state index in [-0.39, 0.29) is 24.2 Å². The van der Waals surface area contributed by atoms with Gasteiger partial charge in [0.15, 0.2) is 0 Å². The molecule has 30 heavy (non-hydrogen) atoms. The van der Waals surface area contributed by atoms with Crippen molar-refractivity contribution in [3.63, 3.8) is 0 Å². The Morgan fingerprint density at radius 3 is 2.20 bits per heavy atom. The maximum atomic E-state index is 12.5. The second-order valence-corrected chi connectivity index (χ2v) is 7.27. The molecule has 2 aromatic carbocycles. The highest BCUT2D eigenvalue weighted by Crippen LogP contribution is 2.22. The molecule has 2 aromatic rings. The highest BCUT2D eigenvalue weighted by molar-refractivity contribution is 6.19. The zero-order chi connectivity index (χ0) is 22.1. The number of carboxylic acids is 1. The number of nitrogens with one attached hydrogen (secondary N) is 1. The summed E-state index contributed by atoms with van der Waals surface area (Å²) in [5.74, 6) is -2.62. The Hall–Kier alpha value is -3.06. The smallest absolute Gasteiger partial charge is 0.408 e. The lowest BCUT2D eigenvalue weighted by atomic mass is 10.0. The van der Waals surface area contributed by atoms with E-state index in [9.17, 15) is 14.4 Å². The first-order valence-corrected chi connectivity index (χ1v) is 9.93. The first-order valence-electron chi connectivity index (χ1n) is 9.39. The van der Waals surface area contributed by atoms with Gasteiger partial charge in [0.25, 0.3) is 0 Å². The van der Waals surface area contributed by atoms with E-state index in [0.29, 0.717) is 5.56 Å². The molecule has 2 atom stereocenters. The van der Waals surface area contributed by atoms with Crippen LogP contribution in [0, 0.1) is 5.92 Å². The van der Waals surface area contributed by atoms with E-state index >= 15 is 0 Å². The fourth-order valence-electron chi connectivity index (χ4n) is 2.63. The van der Waals surface area contributed by atoms with Crippen LogP contribution in [-0.4, -0.2) is 35.1 Å². The Balaban J connectivity index is 1.96. The third-order valence-electron chi connectivity index (χ3n) is 4.36. The molecule has 2 N–H and O–H groups in total. The van der Waals surface area contributed by atoms with Crippen molar-refractivity contribution in [3.05, 3.63) is 65.7 Å². The molecule has 2 rings (SSSR count). The number of carboxylic acid groups (broad SMARTS) is 1. The minimum absolute atomic E-state index is 0.0705. The fraction of sp³-hybridized carbons (Fsp3) is 0.318. The van der Waals surface area contributed by atoms with Crippen molar-refractivity contribution in [2.75, 3.05) is 5.88 Å². The van der Waals surface area contributed by atoms with Crippen LogP contribution >= 0.6 is 11.6 Å². The minimum atomic E-state index is -1.03. The predicted octanol–water partition coefficient (Wildman–Crippen LogP) is 3.95. The molecule has 0 heterocycles. The first-order chi connectivity index (χ1) is 14.3. The van der Waals surface area contributed by atoms with Crippen LogP contribution in [0.3, 0.4) is 0 Å². The molecule has 0 aliphatic rings. The number of esters is 1. The topological polar surface area (TPSA) is 102 Å². The summed E-state index contributed by atoms with van der Waals surface area (Å²) >= 11 is 5.69.